The second-order valence-electron chi connectivity index (χ2n) is 7.61. The van der Waals surface area contributed by atoms with Crippen molar-refractivity contribution >= 4 is 41.5 Å². The summed E-state index contributed by atoms with van der Waals surface area (Å²) >= 11 is 0. The number of nitrogens with one attached hydrogen (secondary N) is 4. The van der Waals surface area contributed by atoms with Crippen LogP contribution in [-0.2, 0) is 40.0 Å². The molecule has 1 rings (SSSR count). The second-order valence-corrected chi connectivity index (χ2v) is 7.61. The van der Waals surface area contributed by atoms with Crippen LogP contribution in [0.15, 0.2) is 12.5 Å². The van der Waals surface area contributed by atoms with E-state index in [0.29, 0.717) is 5.69 Å². The molecule has 4 atom stereocenters. The van der Waals surface area contributed by atoms with Crippen LogP contribution in [0.2, 0.25) is 0 Å². The molecular weight excluding hydrogens is 486 g/mol. The Morgan fingerprint density at radius 3 is 1.94 bits per heavy atom. The summed E-state index contributed by atoms with van der Waals surface area (Å²) in [5.41, 5.74) is 11.0. The number of rotatable bonds is 16. The highest BCUT2D eigenvalue weighted by molar-refractivity contribution is 5.96. The van der Waals surface area contributed by atoms with E-state index in [1.165, 1.54) is 12.5 Å². The molecule has 0 aliphatic carbocycles. The fourth-order valence-electron chi connectivity index (χ4n) is 2.87. The van der Waals surface area contributed by atoms with Crippen LogP contribution in [0, 0.1) is 0 Å². The van der Waals surface area contributed by atoms with Crippen LogP contribution >= 0.6 is 0 Å². The Hall–Kier alpha value is -4.54. The van der Waals surface area contributed by atoms with E-state index >= 15 is 0 Å². The average molecular weight is 513 g/mol. The Morgan fingerprint density at radius 2 is 1.44 bits per heavy atom. The van der Waals surface area contributed by atoms with Crippen molar-refractivity contribution in [1.82, 2.24) is 25.9 Å². The summed E-state index contributed by atoms with van der Waals surface area (Å²) in [6.07, 6.45) is -0.146. The lowest BCUT2D eigenvalue weighted by atomic mass is 10.1. The number of aromatic amines is 1. The van der Waals surface area contributed by atoms with Crippen LogP contribution < -0.4 is 27.4 Å². The minimum absolute atomic E-state index is 0.210. The number of carbonyl (C=O) groups excluding carboxylic acids is 4. The van der Waals surface area contributed by atoms with Gasteiger partial charge in [0.15, 0.2) is 0 Å². The second kappa shape index (κ2) is 14.0. The Kier molecular flexibility index (Phi) is 11.5. The molecule has 0 fully saturated rings. The Labute approximate surface area is 203 Å². The van der Waals surface area contributed by atoms with Gasteiger partial charge in [0.2, 0.25) is 23.6 Å². The summed E-state index contributed by atoms with van der Waals surface area (Å²) in [6, 6.07) is -6.26. The summed E-state index contributed by atoms with van der Waals surface area (Å²) in [6.45, 7) is 0. The fourth-order valence-corrected chi connectivity index (χ4v) is 2.87. The molecule has 1 aromatic rings. The molecule has 17 nitrogen and oxygen atoms in total. The molecule has 11 N–H and O–H groups in total. The van der Waals surface area contributed by atoms with E-state index in [9.17, 15) is 38.7 Å². The van der Waals surface area contributed by atoms with Gasteiger partial charge >= 0.3 is 17.9 Å². The van der Waals surface area contributed by atoms with Gasteiger partial charge in [-0.05, 0) is 6.42 Å². The predicted octanol–water partition coefficient (Wildman–Crippen LogP) is -3.97. The van der Waals surface area contributed by atoms with Gasteiger partial charge in [0.1, 0.15) is 18.1 Å². The average Bonchev–Trinajstić information content (AvgIpc) is 3.27. The zero-order valence-corrected chi connectivity index (χ0v) is 18.8. The molecule has 0 bridgehead atoms. The SMILES string of the molecule is NC(=O)CC(NC(=O)C(Cc1cnc[nH]1)NC(=O)C(N)CC(=O)O)C(=O)NC(CCC(=O)O)C(=O)O. The summed E-state index contributed by atoms with van der Waals surface area (Å²) in [5.74, 6) is -8.41. The Bertz CT molecular complexity index is 981. The van der Waals surface area contributed by atoms with E-state index in [2.05, 4.69) is 20.6 Å². The highest BCUT2D eigenvalue weighted by atomic mass is 16.4. The molecule has 36 heavy (non-hydrogen) atoms. The van der Waals surface area contributed by atoms with E-state index in [4.69, 9.17) is 21.7 Å². The lowest BCUT2D eigenvalue weighted by molar-refractivity contribution is -0.143. The zero-order valence-electron chi connectivity index (χ0n) is 18.8. The highest BCUT2D eigenvalue weighted by Gasteiger charge is 2.32. The van der Waals surface area contributed by atoms with Gasteiger partial charge in [-0.15, -0.1) is 0 Å². The summed E-state index contributed by atoms with van der Waals surface area (Å²) < 4.78 is 0. The number of amides is 4. The van der Waals surface area contributed by atoms with Crippen LogP contribution in [0.3, 0.4) is 0 Å². The number of H-pyrrole nitrogens is 1. The number of nitrogens with zero attached hydrogens (tertiary/aromatic N) is 1. The van der Waals surface area contributed by atoms with Crippen molar-refractivity contribution in [3.05, 3.63) is 18.2 Å². The van der Waals surface area contributed by atoms with Gasteiger partial charge in [0, 0.05) is 24.7 Å². The first-order valence-corrected chi connectivity index (χ1v) is 10.4. The third-order valence-corrected chi connectivity index (χ3v) is 4.64. The zero-order chi connectivity index (χ0) is 27.4. The normalized spacial score (nSPS) is 13.9. The van der Waals surface area contributed by atoms with Crippen molar-refractivity contribution in [2.24, 2.45) is 11.5 Å². The van der Waals surface area contributed by atoms with E-state index in [1.54, 1.807) is 0 Å². The third-order valence-electron chi connectivity index (χ3n) is 4.64. The number of nitrogens with two attached hydrogens (primary N) is 2. The van der Waals surface area contributed by atoms with Crippen molar-refractivity contribution in [3.63, 3.8) is 0 Å². The topological polar surface area (TPSA) is 297 Å². The quantitative estimate of drug-likeness (QED) is 0.102. The van der Waals surface area contributed by atoms with Crippen molar-refractivity contribution in [1.29, 1.82) is 0 Å². The van der Waals surface area contributed by atoms with Crippen LogP contribution in [0.1, 0.15) is 31.4 Å². The molecule has 0 spiro atoms. The molecule has 198 valence electrons. The highest BCUT2D eigenvalue weighted by Crippen LogP contribution is 2.04. The van der Waals surface area contributed by atoms with Gasteiger partial charge in [-0.25, -0.2) is 9.78 Å². The molecule has 1 heterocycles. The van der Waals surface area contributed by atoms with E-state index in [-0.39, 0.29) is 6.42 Å². The number of carboxylic acid groups (broad SMARTS) is 3. The first-order chi connectivity index (χ1) is 16.8. The molecule has 0 saturated heterocycles. The molecule has 0 aliphatic rings. The first-order valence-electron chi connectivity index (χ1n) is 10.4. The maximum atomic E-state index is 12.9. The minimum atomic E-state index is -1.68. The number of imidazole rings is 1. The van der Waals surface area contributed by atoms with Crippen molar-refractivity contribution in [2.75, 3.05) is 0 Å². The summed E-state index contributed by atoms with van der Waals surface area (Å²) in [4.78, 5) is 88.7. The number of hydrogen-bond donors (Lipinski definition) is 9. The van der Waals surface area contributed by atoms with Crippen molar-refractivity contribution in [2.45, 2.75) is 56.3 Å². The molecule has 0 aromatic carbocycles. The largest absolute Gasteiger partial charge is 0.481 e. The smallest absolute Gasteiger partial charge is 0.326 e. The summed E-state index contributed by atoms with van der Waals surface area (Å²) in [5, 5.41) is 33.3. The molecule has 0 aliphatic heterocycles. The fraction of sp³-hybridized carbons (Fsp3) is 0.474. The van der Waals surface area contributed by atoms with Crippen LogP contribution in [0.5, 0.6) is 0 Å². The van der Waals surface area contributed by atoms with Gasteiger partial charge in [-0.2, -0.15) is 0 Å². The van der Waals surface area contributed by atoms with Crippen molar-refractivity contribution < 1.29 is 48.9 Å². The molecular formula is C19H27N7O10. The Balaban J connectivity index is 3.06. The predicted molar refractivity (Wildman–Crippen MR) is 117 cm³/mol. The summed E-state index contributed by atoms with van der Waals surface area (Å²) in [7, 11) is 0. The lowest BCUT2D eigenvalue weighted by Crippen LogP contribution is -2.58. The lowest BCUT2D eigenvalue weighted by Gasteiger charge is -2.24. The molecule has 1 aromatic heterocycles. The number of hydrogen-bond acceptors (Lipinski definition) is 9. The van der Waals surface area contributed by atoms with Crippen LogP contribution in [-0.4, -0.2) is 91.0 Å². The van der Waals surface area contributed by atoms with Gasteiger partial charge in [0.25, 0.3) is 0 Å². The number of primary amides is 1. The van der Waals surface area contributed by atoms with Gasteiger partial charge in [-0.1, -0.05) is 0 Å². The maximum Gasteiger partial charge on any atom is 0.326 e. The molecule has 4 unspecified atom stereocenters. The maximum absolute atomic E-state index is 12.9. The van der Waals surface area contributed by atoms with E-state index in [0.717, 1.165) is 0 Å². The van der Waals surface area contributed by atoms with Gasteiger partial charge in [-0.3, -0.25) is 28.8 Å². The standard InChI is InChI=1S/C19H27N7O10/c20-9(4-15(30)31)16(32)25-11(3-8-6-22-7-23-8)17(33)26-12(5-13(21)27)18(34)24-10(19(35)36)1-2-14(28)29/h6-7,9-12H,1-5,20H2,(H2,21,27)(H,22,23)(H,24,34)(H,25,32)(H,26,33)(H,28,29)(H,30,31)(H,35,36). The van der Waals surface area contributed by atoms with E-state index < -0.39 is 91.4 Å². The molecule has 0 saturated carbocycles. The van der Waals surface area contributed by atoms with Gasteiger partial charge < -0.3 is 47.7 Å². The number of aromatic nitrogens is 2. The third kappa shape index (κ3) is 10.6. The first kappa shape index (κ1) is 29.5. The monoisotopic (exact) mass is 513 g/mol. The van der Waals surface area contributed by atoms with E-state index in [1.807, 2.05) is 5.32 Å². The molecule has 17 heteroatoms. The number of carbonyl (C=O) groups is 7. The number of aliphatic carboxylic acids is 3. The van der Waals surface area contributed by atoms with Crippen molar-refractivity contribution in [3.8, 4) is 0 Å². The molecule has 0 radical (unpaired) electrons. The molecule has 4 amide bonds. The van der Waals surface area contributed by atoms with Gasteiger partial charge in [0.05, 0.1) is 25.2 Å². The van der Waals surface area contributed by atoms with Crippen LogP contribution in [0.4, 0.5) is 0 Å². The minimum Gasteiger partial charge on any atom is -0.481 e. The Morgan fingerprint density at radius 1 is 0.861 bits per heavy atom. The van der Waals surface area contributed by atoms with Crippen LogP contribution in [0.25, 0.3) is 0 Å². The number of carboxylic acids is 3.